The van der Waals surface area contributed by atoms with Crippen molar-refractivity contribution in [2.45, 2.75) is 6.92 Å². The lowest BCUT2D eigenvalue weighted by Gasteiger charge is -2.35. The van der Waals surface area contributed by atoms with Crippen LogP contribution in [-0.4, -0.2) is 42.0 Å². The Kier molecular flexibility index (Phi) is 3.43. The number of rotatable bonds is 1. The number of hydrogen-bond donors (Lipinski definition) is 0. The Labute approximate surface area is 103 Å². The molecule has 0 N–H and O–H groups in total. The van der Waals surface area contributed by atoms with Crippen molar-refractivity contribution < 1.29 is 4.79 Å². The summed E-state index contributed by atoms with van der Waals surface area (Å²) in [7, 11) is 0. The molecule has 5 heteroatoms. The van der Waals surface area contributed by atoms with Gasteiger partial charge in [0.05, 0.1) is 5.69 Å². The summed E-state index contributed by atoms with van der Waals surface area (Å²) < 4.78 is 0.867. The molecule has 1 aliphatic heterocycles. The topological polar surface area (TPSA) is 36.4 Å². The van der Waals surface area contributed by atoms with Crippen LogP contribution in [0.5, 0.6) is 0 Å². The molecule has 86 valence electrons. The lowest BCUT2D eigenvalue weighted by Crippen LogP contribution is -2.48. The third kappa shape index (κ3) is 2.35. The first-order valence-corrected chi connectivity index (χ1v) is 6.09. The van der Waals surface area contributed by atoms with Crippen molar-refractivity contribution in [2.75, 3.05) is 31.1 Å². The van der Waals surface area contributed by atoms with Gasteiger partial charge in [0.15, 0.2) is 0 Å². The first-order valence-electron chi connectivity index (χ1n) is 5.29. The Morgan fingerprint density at radius 2 is 2.06 bits per heavy atom. The molecule has 0 radical (unpaired) electrons. The summed E-state index contributed by atoms with van der Waals surface area (Å²) in [4.78, 5) is 19.5. The molecule has 1 aliphatic rings. The number of pyridine rings is 1. The van der Waals surface area contributed by atoms with Gasteiger partial charge in [0, 0.05) is 39.3 Å². The Hall–Kier alpha value is -1.10. The molecule has 1 saturated heterocycles. The van der Waals surface area contributed by atoms with Gasteiger partial charge in [-0.1, -0.05) is 0 Å². The second kappa shape index (κ2) is 4.82. The highest BCUT2D eigenvalue weighted by molar-refractivity contribution is 9.10. The molecule has 0 saturated carbocycles. The minimum atomic E-state index is 0.157. The standard InChI is InChI=1S/C11H14BrN3O/c1-9(16)14-5-7-15(8-6-14)10-3-2-4-13-11(10)12/h2-4H,5-8H2,1H3. The number of hydrogen-bond acceptors (Lipinski definition) is 3. The lowest BCUT2D eigenvalue weighted by atomic mass is 10.3. The maximum atomic E-state index is 11.2. The van der Waals surface area contributed by atoms with Crippen LogP contribution in [0, 0.1) is 0 Å². The fourth-order valence-corrected chi connectivity index (χ4v) is 2.38. The highest BCUT2D eigenvalue weighted by Crippen LogP contribution is 2.24. The van der Waals surface area contributed by atoms with E-state index in [4.69, 9.17) is 0 Å². The fourth-order valence-electron chi connectivity index (χ4n) is 1.88. The zero-order valence-electron chi connectivity index (χ0n) is 9.19. The van der Waals surface area contributed by atoms with Crippen molar-refractivity contribution in [2.24, 2.45) is 0 Å². The van der Waals surface area contributed by atoms with E-state index in [1.54, 1.807) is 13.1 Å². The van der Waals surface area contributed by atoms with Crippen LogP contribution in [0.15, 0.2) is 22.9 Å². The second-order valence-electron chi connectivity index (χ2n) is 3.81. The quantitative estimate of drug-likeness (QED) is 0.733. The van der Waals surface area contributed by atoms with Gasteiger partial charge in [0.25, 0.3) is 0 Å². The molecule has 0 aliphatic carbocycles. The monoisotopic (exact) mass is 283 g/mol. The van der Waals surface area contributed by atoms with Gasteiger partial charge in [-0.05, 0) is 28.1 Å². The molecule has 1 aromatic heterocycles. The highest BCUT2D eigenvalue weighted by atomic mass is 79.9. The molecule has 0 unspecified atom stereocenters. The van der Waals surface area contributed by atoms with Crippen LogP contribution < -0.4 is 4.90 Å². The molecule has 1 fully saturated rings. The summed E-state index contributed by atoms with van der Waals surface area (Å²) in [6.45, 7) is 4.93. The van der Waals surface area contributed by atoms with E-state index in [0.29, 0.717) is 0 Å². The molecule has 0 spiro atoms. The molecule has 1 aromatic rings. The summed E-state index contributed by atoms with van der Waals surface area (Å²) >= 11 is 3.44. The molecule has 16 heavy (non-hydrogen) atoms. The summed E-state index contributed by atoms with van der Waals surface area (Å²) in [6, 6.07) is 3.97. The smallest absolute Gasteiger partial charge is 0.219 e. The first kappa shape index (κ1) is 11.4. The third-order valence-corrected chi connectivity index (χ3v) is 3.42. The van der Waals surface area contributed by atoms with E-state index in [0.717, 1.165) is 36.5 Å². The number of anilines is 1. The maximum Gasteiger partial charge on any atom is 0.219 e. The van der Waals surface area contributed by atoms with E-state index in [1.165, 1.54) is 0 Å². The molecular weight excluding hydrogens is 270 g/mol. The molecular formula is C11H14BrN3O. The van der Waals surface area contributed by atoms with Gasteiger partial charge in [-0.15, -0.1) is 0 Å². The molecule has 4 nitrogen and oxygen atoms in total. The minimum Gasteiger partial charge on any atom is -0.366 e. The summed E-state index contributed by atoms with van der Waals surface area (Å²) in [5.74, 6) is 0.157. The van der Waals surface area contributed by atoms with Gasteiger partial charge < -0.3 is 9.80 Å². The highest BCUT2D eigenvalue weighted by Gasteiger charge is 2.20. The molecule has 1 amide bonds. The second-order valence-corrected chi connectivity index (χ2v) is 4.56. The van der Waals surface area contributed by atoms with Gasteiger partial charge in [-0.3, -0.25) is 4.79 Å². The Morgan fingerprint density at radius 3 is 2.62 bits per heavy atom. The van der Waals surface area contributed by atoms with Crippen molar-refractivity contribution in [3.8, 4) is 0 Å². The summed E-state index contributed by atoms with van der Waals surface area (Å²) in [5, 5.41) is 0. The van der Waals surface area contributed by atoms with Crippen LogP contribution in [0.4, 0.5) is 5.69 Å². The van der Waals surface area contributed by atoms with Crippen LogP contribution in [0.1, 0.15) is 6.92 Å². The van der Waals surface area contributed by atoms with E-state index in [9.17, 15) is 4.79 Å². The van der Waals surface area contributed by atoms with E-state index < -0.39 is 0 Å². The third-order valence-electron chi connectivity index (χ3n) is 2.81. The first-order chi connectivity index (χ1) is 7.68. The van der Waals surface area contributed by atoms with E-state index in [-0.39, 0.29) is 5.91 Å². The number of carbonyl (C=O) groups is 1. The number of aromatic nitrogens is 1. The van der Waals surface area contributed by atoms with Crippen LogP contribution in [0.2, 0.25) is 0 Å². The van der Waals surface area contributed by atoms with Crippen molar-refractivity contribution in [3.05, 3.63) is 22.9 Å². The minimum absolute atomic E-state index is 0.157. The van der Waals surface area contributed by atoms with Crippen LogP contribution in [0.3, 0.4) is 0 Å². The fraction of sp³-hybridized carbons (Fsp3) is 0.455. The average molecular weight is 284 g/mol. The van der Waals surface area contributed by atoms with Crippen LogP contribution in [0.25, 0.3) is 0 Å². The zero-order chi connectivity index (χ0) is 11.5. The van der Waals surface area contributed by atoms with Gasteiger partial charge in [-0.2, -0.15) is 0 Å². The number of carbonyl (C=O) groups excluding carboxylic acids is 1. The molecule has 0 bridgehead atoms. The molecule has 2 rings (SSSR count). The predicted molar refractivity (Wildman–Crippen MR) is 66.4 cm³/mol. The molecule has 0 aromatic carbocycles. The van der Waals surface area contributed by atoms with Gasteiger partial charge in [-0.25, -0.2) is 4.98 Å². The zero-order valence-corrected chi connectivity index (χ0v) is 10.8. The van der Waals surface area contributed by atoms with E-state index in [1.807, 2.05) is 17.0 Å². The summed E-state index contributed by atoms with van der Waals surface area (Å²) in [5.41, 5.74) is 1.10. The largest absolute Gasteiger partial charge is 0.366 e. The number of halogens is 1. The average Bonchev–Trinajstić information content (AvgIpc) is 2.30. The summed E-state index contributed by atoms with van der Waals surface area (Å²) in [6.07, 6.45) is 1.76. The Bertz CT molecular complexity index is 389. The van der Waals surface area contributed by atoms with Gasteiger partial charge >= 0.3 is 0 Å². The van der Waals surface area contributed by atoms with Crippen molar-refractivity contribution in [1.29, 1.82) is 0 Å². The Balaban J connectivity index is 2.05. The lowest BCUT2D eigenvalue weighted by molar-refractivity contribution is -0.129. The van der Waals surface area contributed by atoms with Crippen LogP contribution >= 0.6 is 15.9 Å². The van der Waals surface area contributed by atoms with Crippen molar-refractivity contribution in [3.63, 3.8) is 0 Å². The normalized spacial score (nSPS) is 16.4. The van der Waals surface area contributed by atoms with Crippen molar-refractivity contribution >= 4 is 27.5 Å². The SMILES string of the molecule is CC(=O)N1CCN(c2cccnc2Br)CC1. The molecule has 0 atom stereocenters. The number of nitrogens with zero attached hydrogens (tertiary/aromatic N) is 3. The number of amides is 1. The molecule has 2 heterocycles. The predicted octanol–water partition coefficient (Wildman–Crippen LogP) is 1.51. The maximum absolute atomic E-state index is 11.2. The Morgan fingerprint density at radius 1 is 1.38 bits per heavy atom. The van der Waals surface area contributed by atoms with E-state index in [2.05, 4.69) is 25.8 Å². The van der Waals surface area contributed by atoms with Crippen LogP contribution in [-0.2, 0) is 4.79 Å². The van der Waals surface area contributed by atoms with Gasteiger partial charge in [0.1, 0.15) is 4.60 Å². The van der Waals surface area contributed by atoms with E-state index >= 15 is 0 Å². The van der Waals surface area contributed by atoms with Crippen molar-refractivity contribution in [1.82, 2.24) is 9.88 Å². The van der Waals surface area contributed by atoms with Gasteiger partial charge in [0.2, 0.25) is 5.91 Å². The number of piperazine rings is 1.